The summed E-state index contributed by atoms with van der Waals surface area (Å²) in [6.45, 7) is 2.42. The molecule has 35 heavy (non-hydrogen) atoms. The first-order chi connectivity index (χ1) is 16.8. The predicted octanol–water partition coefficient (Wildman–Crippen LogP) is 5.01. The number of para-hydroxylation sites is 1. The number of anilines is 3. The van der Waals surface area contributed by atoms with Crippen molar-refractivity contribution < 1.29 is 22.4 Å². The second-order valence-electron chi connectivity index (χ2n) is 7.97. The third-order valence-corrected chi connectivity index (χ3v) is 7.27. The lowest BCUT2D eigenvalue weighted by atomic mass is 10.0. The highest BCUT2D eigenvalue weighted by Crippen LogP contribution is 2.40. The smallest absolute Gasteiger partial charge is 0.261 e. The van der Waals surface area contributed by atoms with Crippen LogP contribution in [0.15, 0.2) is 83.8 Å². The molecule has 1 aliphatic heterocycles. The lowest BCUT2D eigenvalue weighted by Gasteiger charge is -2.16. The molecule has 0 saturated heterocycles. The maximum Gasteiger partial charge on any atom is 0.261 e. The zero-order valence-corrected chi connectivity index (χ0v) is 19.4. The van der Waals surface area contributed by atoms with E-state index >= 15 is 0 Å². The lowest BCUT2D eigenvalue weighted by molar-refractivity contribution is 0.0992. The summed E-state index contributed by atoms with van der Waals surface area (Å²) >= 11 is 0. The Kier molecular flexibility index (Phi) is 5.49. The van der Waals surface area contributed by atoms with Crippen LogP contribution in [0.1, 0.15) is 27.6 Å². The largest absolute Gasteiger partial charge is 0.321 e. The fourth-order valence-electron chi connectivity index (χ4n) is 4.25. The minimum Gasteiger partial charge on any atom is -0.321 e. The maximum atomic E-state index is 13.2. The molecule has 1 heterocycles. The normalized spacial score (nSPS) is 12.7. The zero-order chi connectivity index (χ0) is 24.7. The molecule has 0 spiro atoms. The summed E-state index contributed by atoms with van der Waals surface area (Å²) in [6.07, 6.45) is 0. The highest BCUT2D eigenvalue weighted by molar-refractivity contribution is 7.92. The molecule has 176 valence electrons. The molecular weight excluding hydrogens is 469 g/mol. The number of hydrogen-bond donors (Lipinski definition) is 2. The molecule has 5 rings (SSSR count). The van der Waals surface area contributed by atoms with Crippen LogP contribution in [0.4, 0.5) is 21.5 Å². The Labute approximate surface area is 201 Å². The number of hydrogen-bond acceptors (Lipinski definition) is 4. The highest BCUT2D eigenvalue weighted by atomic mass is 32.2. The molecule has 4 aromatic rings. The Morgan fingerprint density at radius 3 is 2.40 bits per heavy atom. The lowest BCUT2D eigenvalue weighted by Crippen LogP contribution is -2.25. The van der Waals surface area contributed by atoms with Crippen molar-refractivity contribution in [1.29, 1.82) is 0 Å². The van der Waals surface area contributed by atoms with Gasteiger partial charge in [0, 0.05) is 28.6 Å². The first kappa shape index (κ1) is 22.5. The molecule has 0 aliphatic carbocycles. The second kappa shape index (κ2) is 8.52. The van der Waals surface area contributed by atoms with Crippen LogP contribution in [-0.4, -0.2) is 26.8 Å². The van der Waals surface area contributed by atoms with Crippen molar-refractivity contribution in [3.8, 4) is 0 Å². The second-order valence-corrected chi connectivity index (χ2v) is 9.65. The van der Waals surface area contributed by atoms with E-state index in [9.17, 15) is 22.4 Å². The zero-order valence-electron chi connectivity index (χ0n) is 18.6. The number of halogens is 1. The van der Waals surface area contributed by atoms with Gasteiger partial charge in [-0.1, -0.05) is 24.3 Å². The van der Waals surface area contributed by atoms with Gasteiger partial charge in [0.05, 0.1) is 21.8 Å². The van der Waals surface area contributed by atoms with E-state index in [1.807, 2.05) is 13.0 Å². The number of benzene rings is 4. The Morgan fingerprint density at radius 1 is 0.914 bits per heavy atom. The van der Waals surface area contributed by atoms with Crippen LogP contribution in [-0.2, 0) is 10.0 Å². The van der Waals surface area contributed by atoms with Crippen LogP contribution in [0.2, 0.25) is 0 Å². The summed E-state index contributed by atoms with van der Waals surface area (Å²) in [5.41, 5.74) is 2.04. The van der Waals surface area contributed by atoms with E-state index in [1.54, 1.807) is 41.3 Å². The van der Waals surface area contributed by atoms with E-state index < -0.39 is 21.7 Å². The van der Waals surface area contributed by atoms with Gasteiger partial charge in [-0.05, 0) is 61.5 Å². The Bertz CT molecular complexity index is 1600. The van der Waals surface area contributed by atoms with Gasteiger partial charge in [0.15, 0.2) is 0 Å². The van der Waals surface area contributed by atoms with Crippen molar-refractivity contribution in [2.24, 2.45) is 0 Å². The number of nitrogens with one attached hydrogen (secondary N) is 2. The first-order valence-electron chi connectivity index (χ1n) is 10.9. The molecule has 0 saturated carbocycles. The fraction of sp³-hybridized carbons (Fsp3) is 0.0769. The predicted molar refractivity (Wildman–Crippen MR) is 133 cm³/mol. The van der Waals surface area contributed by atoms with E-state index in [1.165, 1.54) is 12.1 Å². The molecule has 0 bridgehead atoms. The van der Waals surface area contributed by atoms with E-state index in [0.717, 1.165) is 35.3 Å². The van der Waals surface area contributed by atoms with Crippen molar-refractivity contribution in [3.63, 3.8) is 0 Å². The summed E-state index contributed by atoms with van der Waals surface area (Å²) in [5, 5.41) is 4.33. The molecule has 1 aliphatic rings. The highest BCUT2D eigenvalue weighted by Gasteiger charge is 2.29. The summed E-state index contributed by atoms with van der Waals surface area (Å²) in [7, 11) is -4.05. The van der Waals surface area contributed by atoms with Crippen molar-refractivity contribution in [1.82, 2.24) is 0 Å². The van der Waals surface area contributed by atoms with Crippen molar-refractivity contribution in [2.75, 3.05) is 21.5 Å². The summed E-state index contributed by atoms with van der Waals surface area (Å²) in [5.74, 6) is -1.17. The average molecular weight is 490 g/mol. The summed E-state index contributed by atoms with van der Waals surface area (Å²) < 4.78 is 41.2. The van der Waals surface area contributed by atoms with Gasteiger partial charge in [-0.2, -0.15) is 0 Å². The average Bonchev–Trinajstić information content (AvgIpc) is 3.13. The van der Waals surface area contributed by atoms with Crippen LogP contribution in [0.3, 0.4) is 0 Å². The number of amides is 2. The van der Waals surface area contributed by atoms with Gasteiger partial charge in [0.2, 0.25) is 0 Å². The van der Waals surface area contributed by atoms with Crippen LogP contribution in [0, 0.1) is 5.82 Å². The molecule has 7 nitrogen and oxygen atoms in total. The molecule has 2 N–H and O–H groups in total. The summed E-state index contributed by atoms with van der Waals surface area (Å²) in [4.78, 5) is 27.5. The molecule has 0 unspecified atom stereocenters. The minimum absolute atomic E-state index is 0.0765. The molecule has 0 fully saturated rings. The molecular formula is C26H20FN3O4S. The Hall–Kier alpha value is -4.24. The first-order valence-corrected chi connectivity index (χ1v) is 12.3. The molecule has 0 aromatic heterocycles. The number of sulfonamides is 1. The molecule has 0 radical (unpaired) electrons. The monoisotopic (exact) mass is 489 g/mol. The standard InChI is InChI=1S/C26H20FN3O4S/c1-2-30-23-15-14-21(18-7-5-8-20(24(18)23)26(30)32)28-25(31)19-6-3-4-9-22(19)29-35(33,34)17-12-10-16(27)11-13-17/h3-15,29H,2H2,1H3,(H,28,31). The number of nitrogens with zero attached hydrogens (tertiary/aromatic N) is 1. The van der Waals surface area contributed by atoms with Gasteiger partial charge in [-0.3, -0.25) is 14.3 Å². The third kappa shape index (κ3) is 3.89. The Morgan fingerprint density at radius 2 is 1.66 bits per heavy atom. The van der Waals surface area contributed by atoms with Gasteiger partial charge < -0.3 is 10.2 Å². The van der Waals surface area contributed by atoms with E-state index in [2.05, 4.69) is 10.0 Å². The Balaban J connectivity index is 1.48. The van der Waals surface area contributed by atoms with Gasteiger partial charge in [-0.15, -0.1) is 0 Å². The van der Waals surface area contributed by atoms with Crippen LogP contribution >= 0.6 is 0 Å². The van der Waals surface area contributed by atoms with Gasteiger partial charge >= 0.3 is 0 Å². The molecule has 9 heteroatoms. The number of carbonyl (C=O) groups is 2. The van der Waals surface area contributed by atoms with E-state index in [4.69, 9.17) is 0 Å². The van der Waals surface area contributed by atoms with Gasteiger partial charge in [0.1, 0.15) is 5.82 Å². The minimum atomic E-state index is -4.05. The van der Waals surface area contributed by atoms with Crippen molar-refractivity contribution in [2.45, 2.75) is 11.8 Å². The van der Waals surface area contributed by atoms with Crippen LogP contribution in [0.25, 0.3) is 10.8 Å². The van der Waals surface area contributed by atoms with Crippen molar-refractivity contribution in [3.05, 3.63) is 95.8 Å². The maximum absolute atomic E-state index is 13.2. The number of carbonyl (C=O) groups excluding carboxylic acids is 2. The van der Waals surface area contributed by atoms with E-state index in [0.29, 0.717) is 23.2 Å². The topological polar surface area (TPSA) is 95.6 Å². The number of rotatable bonds is 6. The molecule has 4 aromatic carbocycles. The quantitative estimate of drug-likeness (QED) is 0.398. The van der Waals surface area contributed by atoms with Gasteiger partial charge in [0.25, 0.3) is 21.8 Å². The van der Waals surface area contributed by atoms with Crippen LogP contribution in [0.5, 0.6) is 0 Å². The third-order valence-electron chi connectivity index (χ3n) is 5.89. The summed E-state index contributed by atoms with van der Waals surface area (Å²) in [6, 6.07) is 19.5. The fourth-order valence-corrected chi connectivity index (χ4v) is 5.33. The van der Waals surface area contributed by atoms with Crippen molar-refractivity contribution >= 4 is 49.7 Å². The molecule has 2 amide bonds. The molecule has 0 atom stereocenters. The van der Waals surface area contributed by atoms with Gasteiger partial charge in [-0.25, -0.2) is 12.8 Å². The SMILES string of the molecule is CCN1C(=O)c2cccc3c(NC(=O)c4ccccc4NS(=O)(=O)c4ccc(F)cc4)ccc1c23. The van der Waals surface area contributed by atoms with E-state index in [-0.39, 0.29) is 22.1 Å². The van der Waals surface area contributed by atoms with Crippen LogP contribution < -0.4 is 14.9 Å².